The zero-order valence-corrected chi connectivity index (χ0v) is 9.88. The highest BCUT2D eigenvalue weighted by molar-refractivity contribution is 6.15. The summed E-state index contributed by atoms with van der Waals surface area (Å²) in [7, 11) is 0. The van der Waals surface area contributed by atoms with Gasteiger partial charge in [-0.25, -0.2) is 9.79 Å². The SMILES string of the molecule is O=C=C1c2ccccc2N=C(F)N1c1ccccc1. The van der Waals surface area contributed by atoms with Crippen LogP contribution in [0.25, 0.3) is 5.70 Å². The van der Waals surface area contributed by atoms with Gasteiger partial charge in [0.15, 0.2) is 5.94 Å². The Balaban J connectivity index is 2.21. The lowest BCUT2D eigenvalue weighted by Crippen LogP contribution is -2.28. The van der Waals surface area contributed by atoms with Gasteiger partial charge in [-0.1, -0.05) is 30.3 Å². The first-order chi connectivity index (χ1) is 9.31. The normalized spacial score (nSPS) is 13.6. The van der Waals surface area contributed by atoms with E-state index >= 15 is 0 Å². The van der Waals surface area contributed by atoms with Crippen LogP contribution >= 0.6 is 0 Å². The molecule has 1 aliphatic rings. The Kier molecular flexibility index (Phi) is 2.71. The van der Waals surface area contributed by atoms with E-state index < -0.39 is 6.09 Å². The van der Waals surface area contributed by atoms with Crippen molar-refractivity contribution in [2.24, 2.45) is 4.99 Å². The van der Waals surface area contributed by atoms with Crippen molar-refractivity contribution in [3.8, 4) is 0 Å². The molecule has 19 heavy (non-hydrogen) atoms. The van der Waals surface area contributed by atoms with Gasteiger partial charge in [0.05, 0.1) is 11.4 Å². The second-order valence-corrected chi connectivity index (χ2v) is 4.02. The van der Waals surface area contributed by atoms with Crippen LogP contribution in [-0.2, 0) is 4.79 Å². The van der Waals surface area contributed by atoms with Crippen molar-refractivity contribution in [1.29, 1.82) is 0 Å². The molecule has 0 N–H and O–H groups in total. The van der Waals surface area contributed by atoms with Crippen molar-refractivity contribution in [3.05, 3.63) is 60.2 Å². The molecule has 92 valence electrons. The number of nitrogens with zero attached hydrogens (tertiary/aromatic N) is 2. The van der Waals surface area contributed by atoms with Gasteiger partial charge in [-0.3, -0.25) is 4.90 Å². The van der Waals surface area contributed by atoms with Gasteiger partial charge in [0.2, 0.25) is 0 Å². The lowest BCUT2D eigenvalue weighted by molar-refractivity contribution is 0.569. The van der Waals surface area contributed by atoms with E-state index in [9.17, 15) is 9.18 Å². The molecule has 0 atom stereocenters. The first kappa shape index (κ1) is 11.4. The number of halogens is 1. The average Bonchev–Trinajstić information content (AvgIpc) is 2.46. The lowest BCUT2D eigenvalue weighted by Gasteiger charge is -2.26. The predicted molar refractivity (Wildman–Crippen MR) is 72.7 cm³/mol. The van der Waals surface area contributed by atoms with Crippen LogP contribution in [0, 0.1) is 0 Å². The quantitative estimate of drug-likeness (QED) is 0.576. The maximum absolute atomic E-state index is 14.1. The van der Waals surface area contributed by atoms with Crippen molar-refractivity contribution >= 4 is 29.1 Å². The molecule has 0 amide bonds. The monoisotopic (exact) mass is 252 g/mol. The van der Waals surface area contributed by atoms with Crippen molar-refractivity contribution in [1.82, 2.24) is 0 Å². The summed E-state index contributed by atoms with van der Waals surface area (Å²) in [5.74, 6) is 1.81. The average molecular weight is 252 g/mol. The third-order valence-electron chi connectivity index (χ3n) is 2.89. The first-order valence-corrected chi connectivity index (χ1v) is 5.75. The molecule has 3 rings (SSSR count). The van der Waals surface area contributed by atoms with Crippen LogP contribution in [0.1, 0.15) is 5.56 Å². The van der Waals surface area contributed by atoms with Crippen LogP contribution in [0.4, 0.5) is 15.8 Å². The molecule has 0 fully saturated rings. The molecular formula is C15H9FN2O. The van der Waals surface area contributed by atoms with Crippen molar-refractivity contribution in [3.63, 3.8) is 0 Å². The smallest absolute Gasteiger partial charge is 0.260 e. The summed E-state index contributed by atoms with van der Waals surface area (Å²) in [6.45, 7) is 0. The fourth-order valence-corrected chi connectivity index (χ4v) is 2.05. The van der Waals surface area contributed by atoms with Gasteiger partial charge >= 0.3 is 0 Å². The Labute approximate surface area is 109 Å². The van der Waals surface area contributed by atoms with Gasteiger partial charge in [-0.2, -0.15) is 4.39 Å². The molecule has 4 heteroatoms. The Morgan fingerprint density at radius 3 is 2.42 bits per heavy atom. The molecule has 3 nitrogen and oxygen atoms in total. The van der Waals surface area contributed by atoms with Crippen LogP contribution in [0.3, 0.4) is 0 Å². The van der Waals surface area contributed by atoms with E-state index in [1.807, 2.05) is 12.0 Å². The van der Waals surface area contributed by atoms with E-state index in [1.54, 1.807) is 48.5 Å². The summed E-state index contributed by atoms with van der Waals surface area (Å²) in [4.78, 5) is 16.3. The van der Waals surface area contributed by atoms with E-state index in [4.69, 9.17) is 0 Å². The lowest BCUT2D eigenvalue weighted by atomic mass is 10.1. The molecule has 0 bridgehead atoms. The summed E-state index contributed by atoms with van der Waals surface area (Å²) in [5.41, 5.74) is 1.68. The fourth-order valence-electron chi connectivity index (χ4n) is 2.05. The summed E-state index contributed by atoms with van der Waals surface area (Å²) < 4.78 is 14.1. The molecule has 1 heterocycles. The second-order valence-electron chi connectivity index (χ2n) is 4.02. The van der Waals surface area contributed by atoms with Crippen LogP contribution in [0.5, 0.6) is 0 Å². The van der Waals surface area contributed by atoms with Gasteiger partial charge in [0.25, 0.3) is 6.09 Å². The largest absolute Gasteiger partial charge is 0.295 e. The summed E-state index contributed by atoms with van der Waals surface area (Å²) in [6, 6.07) is 15.7. The Bertz CT molecular complexity index is 703. The van der Waals surface area contributed by atoms with E-state index in [0.717, 1.165) is 4.90 Å². The zero-order valence-electron chi connectivity index (χ0n) is 9.88. The van der Waals surface area contributed by atoms with Crippen LogP contribution in [-0.4, -0.2) is 12.0 Å². The van der Waals surface area contributed by atoms with Gasteiger partial charge in [-0.15, -0.1) is 0 Å². The highest BCUT2D eigenvalue weighted by Crippen LogP contribution is 2.35. The maximum atomic E-state index is 14.1. The molecule has 0 saturated carbocycles. The van der Waals surface area contributed by atoms with E-state index in [-0.39, 0.29) is 5.70 Å². The zero-order chi connectivity index (χ0) is 13.2. The Morgan fingerprint density at radius 2 is 1.68 bits per heavy atom. The van der Waals surface area contributed by atoms with Crippen LogP contribution in [0.15, 0.2) is 59.6 Å². The van der Waals surface area contributed by atoms with Gasteiger partial charge in [0.1, 0.15) is 5.70 Å². The van der Waals surface area contributed by atoms with E-state index in [2.05, 4.69) is 4.99 Å². The van der Waals surface area contributed by atoms with E-state index in [0.29, 0.717) is 16.9 Å². The van der Waals surface area contributed by atoms with Crippen LogP contribution in [0.2, 0.25) is 0 Å². The molecule has 0 unspecified atom stereocenters. The number of benzene rings is 2. The number of rotatable bonds is 1. The number of aliphatic imine (C=N–C) groups is 1. The molecular weight excluding hydrogens is 243 g/mol. The Morgan fingerprint density at radius 1 is 1.00 bits per heavy atom. The van der Waals surface area contributed by atoms with Crippen molar-refractivity contribution in [2.75, 3.05) is 4.90 Å². The number of anilines is 1. The highest BCUT2D eigenvalue weighted by Gasteiger charge is 2.27. The number of hydrogen-bond donors (Lipinski definition) is 0. The molecule has 0 radical (unpaired) electrons. The third kappa shape index (κ3) is 1.84. The van der Waals surface area contributed by atoms with Gasteiger partial charge in [0, 0.05) is 5.56 Å². The molecule has 0 saturated heterocycles. The molecule has 1 aliphatic heterocycles. The number of fused-ring (bicyclic) bond motifs is 1. The molecule has 0 spiro atoms. The summed E-state index contributed by atoms with van der Waals surface area (Å²) >= 11 is 0. The number of carbonyl (C=O) groups excluding carboxylic acids is 1. The molecule has 2 aromatic carbocycles. The first-order valence-electron chi connectivity index (χ1n) is 5.75. The minimum Gasteiger partial charge on any atom is -0.260 e. The van der Waals surface area contributed by atoms with Crippen molar-refractivity contribution < 1.29 is 9.18 Å². The third-order valence-corrected chi connectivity index (χ3v) is 2.89. The minimum absolute atomic E-state index is 0.134. The molecule has 0 aromatic heterocycles. The second kappa shape index (κ2) is 4.52. The van der Waals surface area contributed by atoms with Crippen molar-refractivity contribution in [2.45, 2.75) is 0 Å². The Hall–Kier alpha value is -2.71. The van der Waals surface area contributed by atoms with Gasteiger partial charge < -0.3 is 0 Å². The molecule has 0 aliphatic carbocycles. The van der Waals surface area contributed by atoms with Crippen LogP contribution < -0.4 is 4.90 Å². The molecule has 2 aromatic rings. The summed E-state index contributed by atoms with van der Waals surface area (Å²) in [5, 5.41) is 0. The summed E-state index contributed by atoms with van der Waals surface area (Å²) in [6.07, 6.45) is -0.733. The highest BCUT2D eigenvalue weighted by atomic mass is 19.1. The fraction of sp³-hybridized carbons (Fsp3) is 0. The van der Waals surface area contributed by atoms with E-state index in [1.165, 1.54) is 0 Å². The number of hydrogen-bond acceptors (Lipinski definition) is 3. The standard InChI is InChI=1S/C15H9FN2O/c16-15-17-13-9-5-4-8-12(13)14(10-19)18(15)11-6-2-1-3-7-11/h1-9H. The maximum Gasteiger partial charge on any atom is 0.295 e. The van der Waals surface area contributed by atoms with Gasteiger partial charge in [-0.05, 0) is 24.3 Å². The number of para-hydroxylation sites is 2. The minimum atomic E-state index is -0.733. The topological polar surface area (TPSA) is 32.7 Å². The number of amidine groups is 1. The predicted octanol–water partition coefficient (Wildman–Crippen LogP) is 3.34.